The van der Waals surface area contributed by atoms with Crippen molar-refractivity contribution in [3.63, 3.8) is 0 Å². The van der Waals surface area contributed by atoms with Gasteiger partial charge in [0.05, 0.1) is 5.69 Å². The molecule has 1 saturated carbocycles. The Morgan fingerprint density at radius 3 is 2.61 bits per heavy atom. The fourth-order valence-electron chi connectivity index (χ4n) is 4.85. The lowest BCUT2D eigenvalue weighted by atomic mass is 9.84. The van der Waals surface area contributed by atoms with E-state index in [0.29, 0.717) is 31.9 Å². The first-order valence-electron chi connectivity index (χ1n) is 11.5. The van der Waals surface area contributed by atoms with Crippen LogP contribution < -0.4 is 5.32 Å². The molecule has 2 heterocycles. The van der Waals surface area contributed by atoms with E-state index in [2.05, 4.69) is 10.5 Å². The molecule has 5 nitrogen and oxygen atoms in total. The third-order valence-electron chi connectivity index (χ3n) is 6.89. The van der Waals surface area contributed by atoms with E-state index in [1.807, 2.05) is 19.9 Å². The highest BCUT2D eigenvalue weighted by atomic mass is 19.1. The number of carbonyl (C=O) groups excluding carboxylic acids is 1. The molecule has 1 aliphatic carbocycles. The lowest BCUT2D eigenvalue weighted by molar-refractivity contribution is -0.142. The zero-order valence-electron chi connectivity index (χ0n) is 18.6. The molecule has 1 saturated heterocycles. The van der Waals surface area contributed by atoms with Gasteiger partial charge in [-0.2, -0.15) is 0 Å². The second-order valence-corrected chi connectivity index (χ2v) is 9.75. The number of hydrogen-bond acceptors (Lipinski definition) is 4. The number of rotatable bonds is 7. The van der Waals surface area contributed by atoms with Crippen LogP contribution in [0.5, 0.6) is 0 Å². The maximum atomic E-state index is 13.3. The molecule has 1 atom stereocenters. The van der Waals surface area contributed by atoms with E-state index in [1.54, 1.807) is 12.1 Å². The smallest absolute Gasteiger partial charge is 0.252 e. The molecule has 0 unspecified atom stereocenters. The first-order valence-corrected chi connectivity index (χ1v) is 11.5. The Morgan fingerprint density at radius 1 is 1.19 bits per heavy atom. The highest BCUT2D eigenvalue weighted by Gasteiger charge is 2.44. The van der Waals surface area contributed by atoms with E-state index in [4.69, 9.17) is 9.26 Å². The van der Waals surface area contributed by atoms with Crippen molar-refractivity contribution < 1.29 is 18.4 Å². The number of aromatic nitrogens is 1. The van der Waals surface area contributed by atoms with Gasteiger partial charge in [0.1, 0.15) is 11.6 Å². The highest BCUT2D eigenvalue weighted by Crippen LogP contribution is 2.35. The first kappa shape index (κ1) is 22.0. The Bertz CT molecular complexity index is 878. The molecule has 4 rings (SSSR count). The van der Waals surface area contributed by atoms with Gasteiger partial charge < -0.3 is 14.6 Å². The van der Waals surface area contributed by atoms with Gasteiger partial charge in [0, 0.05) is 37.0 Å². The van der Waals surface area contributed by atoms with Crippen LogP contribution in [0.2, 0.25) is 0 Å². The van der Waals surface area contributed by atoms with Crippen molar-refractivity contribution in [1.82, 2.24) is 10.5 Å². The van der Waals surface area contributed by atoms with E-state index in [1.165, 1.54) is 31.4 Å². The van der Waals surface area contributed by atoms with Gasteiger partial charge in [-0.15, -0.1) is 0 Å². The summed E-state index contributed by atoms with van der Waals surface area (Å²) in [5.41, 5.74) is 0.745. The van der Waals surface area contributed by atoms with Crippen molar-refractivity contribution in [2.75, 3.05) is 13.2 Å². The number of nitrogens with one attached hydrogen (secondary N) is 1. The molecule has 1 N–H and O–H groups in total. The lowest BCUT2D eigenvalue weighted by Gasteiger charge is -2.30. The summed E-state index contributed by atoms with van der Waals surface area (Å²) in [6, 6.07) is 8.47. The molecule has 2 aliphatic rings. The van der Waals surface area contributed by atoms with Gasteiger partial charge in [-0.1, -0.05) is 50.4 Å². The molecule has 0 bridgehead atoms. The fraction of sp³-hybridized carbons (Fsp3) is 0.600. The number of halogens is 1. The Kier molecular flexibility index (Phi) is 6.47. The molecule has 0 radical (unpaired) electrons. The summed E-state index contributed by atoms with van der Waals surface area (Å²) in [5.74, 6) is 0.810. The van der Waals surface area contributed by atoms with Gasteiger partial charge in [-0.05, 0) is 43.4 Å². The third kappa shape index (κ3) is 5.00. The van der Waals surface area contributed by atoms with E-state index >= 15 is 0 Å². The number of hydrogen-bond donors (Lipinski definition) is 1. The Hall–Kier alpha value is -2.21. The van der Waals surface area contributed by atoms with Crippen LogP contribution in [0.1, 0.15) is 81.7 Å². The molecule has 6 heteroatoms. The monoisotopic (exact) mass is 428 g/mol. The topological polar surface area (TPSA) is 64.4 Å². The minimum atomic E-state index is -0.914. The highest BCUT2D eigenvalue weighted by molar-refractivity contribution is 5.86. The maximum absolute atomic E-state index is 13.3. The normalized spacial score (nSPS) is 22.5. The summed E-state index contributed by atoms with van der Waals surface area (Å²) >= 11 is 0. The molecule has 2 aromatic rings. The Labute approximate surface area is 183 Å². The third-order valence-corrected chi connectivity index (χ3v) is 6.89. The second-order valence-electron chi connectivity index (χ2n) is 9.75. The average molecular weight is 429 g/mol. The van der Waals surface area contributed by atoms with Crippen molar-refractivity contribution in [3.8, 4) is 0 Å². The number of nitrogens with zero attached hydrogens (tertiary/aromatic N) is 1. The predicted molar refractivity (Wildman–Crippen MR) is 116 cm³/mol. The van der Waals surface area contributed by atoms with Gasteiger partial charge >= 0.3 is 0 Å². The molecular formula is C25H33FN2O3. The molecular weight excluding hydrogens is 395 g/mol. The quantitative estimate of drug-likeness (QED) is 0.670. The van der Waals surface area contributed by atoms with Gasteiger partial charge in [-0.3, -0.25) is 4.79 Å². The second kappa shape index (κ2) is 9.11. The van der Waals surface area contributed by atoms with Crippen LogP contribution in [-0.4, -0.2) is 29.8 Å². The van der Waals surface area contributed by atoms with Gasteiger partial charge in [0.25, 0.3) is 5.91 Å². The van der Waals surface area contributed by atoms with Crippen LogP contribution in [0.25, 0.3) is 0 Å². The minimum absolute atomic E-state index is 0.115. The molecule has 2 fully saturated rings. The number of amides is 1. The molecule has 1 aromatic carbocycles. The van der Waals surface area contributed by atoms with E-state index < -0.39 is 5.60 Å². The predicted octanol–water partition coefficient (Wildman–Crippen LogP) is 5.05. The van der Waals surface area contributed by atoms with Crippen LogP contribution in [0.3, 0.4) is 0 Å². The summed E-state index contributed by atoms with van der Waals surface area (Å²) in [4.78, 5) is 13.3. The lowest BCUT2D eigenvalue weighted by Crippen LogP contribution is -2.50. The van der Waals surface area contributed by atoms with Crippen LogP contribution in [-0.2, 0) is 21.4 Å². The fourth-order valence-corrected chi connectivity index (χ4v) is 4.85. The maximum Gasteiger partial charge on any atom is 0.252 e. The summed E-state index contributed by atoms with van der Waals surface area (Å²) in [6.07, 6.45) is 8.01. The summed E-state index contributed by atoms with van der Waals surface area (Å²) in [5, 5.41) is 7.40. The largest absolute Gasteiger partial charge is 0.365 e. The van der Waals surface area contributed by atoms with Crippen molar-refractivity contribution in [2.45, 2.75) is 82.1 Å². The van der Waals surface area contributed by atoms with Gasteiger partial charge in [-0.25, -0.2) is 4.39 Å². The zero-order chi connectivity index (χ0) is 21.9. The molecule has 0 spiro atoms. The standard InChI is InChI=1S/C25H33FN2O3/c1-24(2,19-9-11-20(26)12-10-19)17-27-23(29)25(13-6-14-30-25)16-21-15-22(28-31-21)18-7-4-3-5-8-18/h9-12,15,18H,3-8,13-14,16-17H2,1-2H3,(H,27,29)/t25-/m0/s1. The van der Waals surface area contributed by atoms with Crippen molar-refractivity contribution in [1.29, 1.82) is 0 Å². The average Bonchev–Trinajstić information content (AvgIpc) is 3.44. The Morgan fingerprint density at radius 2 is 1.94 bits per heavy atom. The molecule has 1 aromatic heterocycles. The van der Waals surface area contributed by atoms with Crippen LogP contribution >= 0.6 is 0 Å². The van der Waals surface area contributed by atoms with Gasteiger partial charge in [0.15, 0.2) is 5.60 Å². The minimum Gasteiger partial charge on any atom is -0.365 e. The van der Waals surface area contributed by atoms with Crippen molar-refractivity contribution in [3.05, 3.63) is 53.2 Å². The number of ether oxygens (including phenoxy) is 1. The summed E-state index contributed by atoms with van der Waals surface area (Å²) in [7, 11) is 0. The van der Waals surface area contributed by atoms with Crippen molar-refractivity contribution >= 4 is 5.91 Å². The molecule has 31 heavy (non-hydrogen) atoms. The van der Waals surface area contributed by atoms with Crippen LogP contribution in [0, 0.1) is 5.82 Å². The number of carbonyl (C=O) groups is 1. The zero-order valence-corrected chi connectivity index (χ0v) is 18.6. The van der Waals surface area contributed by atoms with E-state index in [0.717, 1.165) is 36.3 Å². The van der Waals surface area contributed by atoms with E-state index in [-0.39, 0.29) is 17.1 Å². The van der Waals surface area contributed by atoms with Crippen molar-refractivity contribution in [2.24, 2.45) is 0 Å². The number of benzene rings is 1. The molecule has 1 amide bonds. The van der Waals surface area contributed by atoms with Crippen LogP contribution in [0.15, 0.2) is 34.9 Å². The Balaban J connectivity index is 1.42. The van der Waals surface area contributed by atoms with E-state index in [9.17, 15) is 9.18 Å². The van der Waals surface area contributed by atoms with Gasteiger partial charge in [0.2, 0.25) is 0 Å². The van der Waals surface area contributed by atoms with Crippen LogP contribution in [0.4, 0.5) is 4.39 Å². The summed E-state index contributed by atoms with van der Waals surface area (Å²) < 4.78 is 24.9. The summed E-state index contributed by atoms with van der Waals surface area (Å²) in [6.45, 7) is 5.08. The molecule has 168 valence electrons. The SMILES string of the molecule is CC(C)(CNC(=O)[C@@]1(Cc2cc(C3CCCCC3)no2)CCCO1)c1ccc(F)cc1. The first-order chi connectivity index (χ1) is 14.9. The molecule has 1 aliphatic heterocycles.